The first kappa shape index (κ1) is 21.6. The first-order chi connectivity index (χ1) is 15.9. The zero-order chi connectivity index (χ0) is 22.6. The van der Waals surface area contributed by atoms with Crippen LogP contribution in [0.5, 0.6) is 5.75 Å². The number of nitrogens with two attached hydrogens (primary N) is 1. The van der Waals surface area contributed by atoms with Gasteiger partial charge >= 0.3 is 5.97 Å². The highest BCUT2D eigenvalue weighted by atomic mass is 17.3. The van der Waals surface area contributed by atoms with E-state index in [1.807, 2.05) is 24.3 Å². The maximum atomic E-state index is 11.8. The van der Waals surface area contributed by atoms with Crippen LogP contribution in [0.25, 0.3) is 0 Å². The molecule has 1 aliphatic heterocycles. The molecule has 1 saturated heterocycles. The fourth-order valence-electron chi connectivity index (χ4n) is 7.48. The fraction of sp³-hybridized carbons (Fsp3) is 0.692. The number of rotatable bonds is 5. The van der Waals surface area contributed by atoms with Gasteiger partial charge in [-0.05, 0) is 80.4 Å². The number of esters is 1. The summed E-state index contributed by atoms with van der Waals surface area (Å²) in [6.07, 6.45) is 9.98. The molecule has 1 amide bonds. The molecule has 4 bridgehead atoms. The quantitative estimate of drug-likeness (QED) is 0.403. The van der Waals surface area contributed by atoms with Gasteiger partial charge in [0, 0.05) is 31.1 Å². The van der Waals surface area contributed by atoms with E-state index in [0.717, 1.165) is 37.5 Å². The van der Waals surface area contributed by atoms with E-state index in [-0.39, 0.29) is 12.8 Å². The summed E-state index contributed by atoms with van der Waals surface area (Å²) >= 11 is 0. The standard InChI is InChI=1S/C26H33NO6/c27-23(28)7-8-24(29)30-22-5-3-18(4-6-22)19-2-1-9-25(15-19)31-26(33-32-25)20-11-16-10-17(13-20)14-21(26)12-16/h3-6,16-17,19-21H,1-2,7-15H2,(H2,27,28)/t16?,17?,19-,20?,21?,25-,26?/m1/s1. The number of hydrogen-bond donors (Lipinski definition) is 1. The van der Waals surface area contributed by atoms with Crippen LogP contribution in [-0.2, 0) is 24.1 Å². The van der Waals surface area contributed by atoms with Crippen LogP contribution in [0.2, 0.25) is 0 Å². The molecular formula is C26H33NO6. The topological polar surface area (TPSA) is 97.1 Å². The summed E-state index contributed by atoms with van der Waals surface area (Å²) in [4.78, 5) is 35.0. The molecule has 7 rings (SSSR count). The van der Waals surface area contributed by atoms with E-state index in [2.05, 4.69) is 0 Å². The van der Waals surface area contributed by atoms with Crippen LogP contribution in [0.15, 0.2) is 24.3 Å². The largest absolute Gasteiger partial charge is 0.427 e. The lowest BCUT2D eigenvalue weighted by Gasteiger charge is -2.57. The van der Waals surface area contributed by atoms with E-state index in [4.69, 9.17) is 25.0 Å². The van der Waals surface area contributed by atoms with Crippen molar-refractivity contribution in [3.05, 3.63) is 29.8 Å². The number of amides is 1. The maximum absolute atomic E-state index is 11.8. The fourth-order valence-corrected chi connectivity index (χ4v) is 7.48. The minimum Gasteiger partial charge on any atom is -0.427 e. The van der Waals surface area contributed by atoms with Gasteiger partial charge in [0.15, 0.2) is 0 Å². The number of ether oxygens (including phenoxy) is 2. The molecule has 178 valence electrons. The molecule has 1 aromatic carbocycles. The van der Waals surface area contributed by atoms with E-state index in [0.29, 0.717) is 23.5 Å². The Morgan fingerprint density at radius 1 is 0.970 bits per heavy atom. The smallest absolute Gasteiger partial charge is 0.311 e. The molecule has 7 nitrogen and oxygen atoms in total. The molecule has 2 atom stereocenters. The SMILES string of the molecule is NC(=O)CCC(=O)Oc1ccc([C@@H]2CCC[C@]3(C2)OOC2(O3)C3CC4CC(C3)CC2C4)cc1. The van der Waals surface area contributed by atoms with Gasteiger partial charge in [-0.1, -0.05) is 12.1 Å². The number of carbonyl (C=O) groups excluding carboxylic acids is 2. The zero-order valence-corrected chi connectivity index (χ0v) is 19.0. The van der Waals surface area contributed by atoms with Gasteiger partial charge in [0.05, 0.1) is 6.42 Å². The molecule has 1 aromatic rings. The van der Waals surface area contributed by atoms with Gasteiger partial charge in [-0.3, -0.25) is 9.59 Å². The Hall–Kier alpha value is -1.96. The third-order valence-electron chi connectivity index (χ3n) is 8.77. The van der Waals surface area contributed by atoms with Crippen LogP contribution in [0, 0.1) is 23.7 Å². The van der Waals surface area contributed by atoms with Crippen molar-refractivity contribution < 1.29 is 28.8 Å². The van der Waals surface area contributed by atoms with Gasteiger partial charge in [-0.2, -0.15) is 9.78 Å². The summed E-state index contributed by atoms with van der Waals surface area (Å²) in [5.41, 5.74) is 6.27. The van der Waals surface area contributed by atoms with Crippen molar-refractivity contribution in [3.63, 3.8) is 0 Å². The molecule has 1 heterocycles. The first-order valence-electron chi connectivity index (χ1n) is 12.6. The Morgan fingerprint density at radius 2 is 1.67 bits per heavy atom. The summed E-state index contributed by atoms with van der Waals surface area (Å²) in [5, 5.41) is 0. The van der Waals surface area contributed by atoms with Gasteiger partial charge < -0.3 is 15.2 Å². The lowest BCUT2D eigenvalue weighted by Crippen LogP contribution is -2.59. The van der Waals surface area contributed by atoms with Crippen LogP contribution in [0.4, 0.5) is 0 Å². The summed E-state index contributed by atoms with van der Waals surface area (Å²) in [6, 6.07) is 7.64. The monoisotopic (exact) mass is 455 g/mol. The summed E-state index contributed by atoms with van der Waals surface area (Å²) in [7, 11) is 0. The molecule has 0 radical (unpaired) electrons. The highest BCUT2D eigenvalue weighted by Gasteiger charge is 2.67. The van der Waals surface area contributed by atoms with Crippen molar-refractivity contribution in [2.24, 2.45) is 29.4 Å². The second kappa shape index (κ2) is 8.07. The predicted molar refractivity (Wildman–Crippen MR) is 117 cm³/mol. The molecule has 0 unspecified atom stereocenters. The van der Waals surface area contributed by atoms with E-state index in [1.165, 1.54) is 37.7 Å². The number of primary amides is 1. The van der Waals surface area contributed by atoms with Crippen molar-refractivity contribution >= 4 is 11.9 Å². The molecule has 5 aliphatic carbocycles. The van der Waals surface area contributed by atoms with Crippen LogP contribution < -0.4 is 10.5 Å². The van der Waals surface area contributed by atoms with Crippen molar-refractivity contribution in [1.82, 2.24) is 0 Å². The van der Waals surface area contributed by atoms with Crippen molar-refractivity contribution in [2.45, 2.75) is 88.1 Å². The minimum absolute atomic E-state index is 0.00629. The molecule has 5 saturated carbocycles. The lowest BCUT2D eigenvalue weighted by atomic mass is 9.53. The van der Waals surface area contributed by atoms with E-state index < -0.39 is 23.5 Å². The van der Waals surface area contributed by atoms with Crippen molar-refractivity contribution in [1.29, 1.82) is 0 Å². The van der Waals surface area contributed by atoms with Crippen LogP contribution in [-0.4, -0.2) is 23.5 Å². The lowest BCUT2D eigenvalue weighted by molar-refractivity contribution is -0.390. The van der Waals surface area contributed by atoms with Gasteiger partial charge in [0.1, 0.15) is 5.75 Å². The van der Waals surface area contributed by atoms with Gasteiger partial charge in [-0.25, -0.2) is 0 Å². The first-order valence-corrected chi connectivity index (χ1v) is 12.6. The van der Waals surface area contributed by atoms with Crippen molar-refractivity contribution in [3.8, 4) is 5.75 Å². The van der Waals surface area contributed by atoms with Gasteiger partial charge in [-0.15, -0.1) is 0 Å². The third kappa shape index (κ3) is 3.88. The van der Waals surface area contributed by atoms with Gasteiger partial charge in [0.2, 0.25) is 17.5 Å². The predicted octanol–water partition coefficient (Wildman–Crippen LogP) is 4.34. The molecule has 33 heavy (non-hydrogen) atoms. The molecule has 6 aliphatic rings. The van der Waals surface area contributed by atoms with Gasteiger partial charge in [0.25, 0.3) is 0 Å². The molecule has 0 aromatic heterocycles. The molecular weight excluding hydrogens is 422 g/mol. The summed E-state index contributed by atoms with van der Waals surface area (Å²) in [6.45, 7) is 0. The molecule has 2 spiro atoms. The average molecular weight is 456 g/mol. The zero-order valence-electron chi connectivity index (χ0n) is 19.0. The summed E-state index contributed by atoms with van der Waals surface area (Å²) in [5.74, 6) is 1.27. The van der Waals surface area contributed by atoms with E-state index in [9.17, 15) is 9.59 Å². The average Bonchev–Trinajstić information content (AvgIpc) is 3.15. The number of benzene rings is 1. The van der Waals surface area contributed by atoms with Crippen molar-refractivity contribution in [2.75, 3.05) is 0 Å². The Labute approximate surface area is 194 Å². The molecule has 6 fully saturated rings. The summed E-state index contributed by atoms with van der Waals surface area (Å²) < 4.78 is 12.2. The van der Waals surface area contributed by atoms with E-state index >= 15 is 0 Å². The Bertz CT molecular complexity index is 901. The van der Waals surface area contributed by atoms with E-state index in [1.54, 1.807) is 0 Å². The number of hydrogen-bond acceptors (Lipinski definition) is 6. The Kier molecular flexibility index (Phi) is 5.27. The maximum Gasteiger partial charge on any atom is 0.311 e. The third-order valence-corrected chi connectivity index (χ3v) is 8.77. The normalized spacial score (nSPS) is 41.0. The Morgan fingerprint density at radius 3 is 2.33 bits per heavy atom. The number of carbonyl (C=O) groups is 2. The second-order valence-corrected chi connectivity index (χ2v) is 11.0. The highest BCUT2D eigenvalue weighted by Crippen LogP contribution is 2.64. The molecule has 7 heteroatoms. The van der Waals surface area contributed by atoms with Crippen LogP contribution in [0.3, 0.4) is 0 Å². The van der Waals surface area contributed by atoms with Crippen LogP contribution >= 0.6 is 0 Å². The molecule has 2 N–H and O–H groups in total. The second-order valence-electron chi connectivity index (χ2n) is 11.0. The highest BCUT2D eigenvalue weighted by molar-refractivity contribution is 5.80. The van der Waals surface area contributed by atoms with Crippen LogP contribution in [0.1, 0.15) is 82.1 Å². The Balaban J connectivity index is 1.12. The minimum atomic E-state index is -0.655.